The molecule has 14 heteroatoms. The summed E-state index contributed by atoms with van der Waals surface area (Å²) < 4.78 is 15.2. The van der Waals surface area contributed by atoms with Gasteiger partial charge in [0.05, 0.1) is 6.04 Å². The van der Waals surface area contributed by atoms with E-state index in [-0.39, 0.29) is 40.3 Å². The first-order valence-corrected chi connectivity index (χ1v) is 21.2. The van der Waals surface area contributed by atoms with E-state index >= 15 is 0 Å². The Bertz CT molecular complexity index is 1640. The van der Waals surface area contributed by atoms with E-state index in [0.29, 0.717) is 37.3 Å². The molecule has 4 saturated carbocycles. The molecule has 0 bridgehead atoms. The van der Waals surface area contributed by atoms with Crippen LogP contribution in [-0.2, 0) is 30.2 Å². The van der Waals surface area contributed by atoms with E-state index in [4.69, 9.17) is 0 Å². The highest BCUT2D eigenvalue weighted by molar-refractivity contribution is 7.82. The summed E-state index contributed by atoms with van der Waals surface area (Å²) in [7, 11) is 0.270. The third-order valence-corrected chi connectivity index (χ3v) is 15.1. The number of likely N-dealkylation sites (N-methyl/N-ethyl adjacent to an activating group) is 1. The second kappa shape index (κ2) is 15.3. The molecule has 2 spiro atoms. The van der Waals surface area contributed by atoms with Crippen molar-refractivity contribution in [3.63, 3.8) is 0 Å². The number of nitrogens with one attached hydrogen (secondary N) is 4. The van der Waals surface area contributed by atoms with Crippen molar-refractivity contribution in [3.8, 4) is 0 Å². The normalized spacial score (nSPS) is 28.4. The summed E-state index contributed by atoms with van der Waals surface area (Å²) in [5, 5.41) is 12.2. The number of amides is 5. The van der Waals surface area contributed by atoms with Gasteiger partial charge < -0.3 is 26.2 Å². The molecular formula is C40H61N7O6S. The average molecular weight is 768 g/mol. The van der Waals surface area contributed by atoms with E-state index in [1.165, 1.54) is 0 Å². The molecule has 5 amide bonds. The Balaban J connectivity index is 1.21. The van der Waals surface area contributed by atoms with Gasteiger partial charge in [0.25, 0.3) is 5.91 Å². The third-order valence-electron chi connectivity index (χ3n) is 13.7. The minimum absolute atomic E-state index is 0.0116. The molecule has 13 nitrogen and oxygen atoms in total. The predicted molar refractivity (Wildman–Crippen MR) is 205 cm³/mol. The lowest BCUT2D eigenvalue weighted by Gasteiger charge is -2.39. The van der Waals surface area contributed by atoms with E-state index in [0.717, 1.165) is 51.4 Å². The van der Waals surface area contributed by atoms with E-state index in [1.807, 2.05) is 27.7 Å². The van der Waals surface area contributed by atoms with Gasteiger partial charge in [-0.05, 0) is 79.7 Å². The molecule has 0 aromatic carbocycles. The van der Waals surface area contributed by atoms with Gasteiger partial charge in [0.1, 0.15) is 28.1 Å². The average Bonchev–Trinajstić information content (AvgIpc) is 3.94. The van der Waals surface area contributed by atoms with Gasteiger partial charge in [-0.15, -0.1) is 0 Å². The van der Waals surface area contributed by atoms with Crippen LogP contribution in [0.3, 0.4) is 0 Å². The van der Waals surface area contributed by atoms with Crippen molar-refractivity contribution in [1.82, 2.24) is 35.5 Å². The predicted octanol–water partition coefficient (Wildman–Crippen LogP) is 3.99. The molecule has 7 atom stereocenters. The lowest BCUT2D eigenvalue weighted by molar-refractivity contribution is -0.144. The molecule has 4 aliphatic carbocycles. The van der Waals surface area contributed by atoms with Crippen molar-refractivity contribution in [2.45, 2.75) is 160 Å². The zero-order valence-electron chi connectivity index (χ0n) is 33.2. The van der Waals surface area contributed by atoms with Crippen LogP contribution in [0.15, 0.2) is 29.4 Å². The summed E-state index contributed by atoms with van der Waals surface area (Å²) in [6.45, 7) is 12.5. The lowest BCUT2D eigenvalue weighted by atomic mass is 9.73. The fraction of sp³-hybridized carbons (Fsp3) is 0.750. The molecule has 298 valence electrons. The second-order valence-corrected chi connectivity index (χ2v) is 19.6. The van der Waals surface area contributed by atoms with Crippen LogP contribution in [0.4, 0.5) is 4.79 Å². The topological polar surface area (TPSA) is 170 Å². The van der Waals surface area contributed by atoms with Crippen LogP contribution in [-0.4, -0.2) is 97.8 Å². The summed E-state index contributed by atoms with van der Waals surface area (Å²) in [6, 6.07) is 1.48. The van der Waals surface area contributed by atoms with E-state index < -0.39 is 58.2 Å². The Morgan fingerprint density at radius 1 is 0.981 bits per heavy atom. The Hall–Kier alpha value is -3.39. The van der Waals surface area contributed by atoms with Gasteiger partial charge in [0, 0.05) is 43.3 Å². The number of fused-ring (bicyclic) bond motifs is 1. The summed E-state index contributed by atoms with van der Waals surface area (Å²) in [5.74, 6) is -2.12. The first-order chi connectivity index (χ1) is 25.5. The van der Waals surface area contributed by atoms with Crippen molar-refractivity contribution in [1.29, 1.82) is 0 Å². The fourth-order valence-electron chi connectivity index (χ4n) is 10.1. The van der Waals surface area contributed by atoms with E-state index in [2.05, 4.69) is 40.1 Å². The molecule has 5 fully saturated rings. The highest BCUT2D eigenvalue weighted by Crippen LogP contribution is 2.88. The van der Waals surface area contributed by atoms with Gasteiger partial charge in [0.2, 0.25) is 17.6 Å². The summed E-state index contributed by atoms with van der Waals surface area (Å²) in [6.07, 6.45) is 11.1. The third kappa shape index (κ3) is 7.33. The molecule has 6 rings (SSSR count). The smallest absolute Gasteiger partial charge is 0.315 e. The van der Waals surface area contributed by atoms with Gasteiger partial charge >= 0.3 is 6.03 Å². The quantitative estimate of drug-likeness (QED) is 0.220. The van der Waals surface area contributed by atoms with Gasteiger partial charge in [-0.2, -0.15) is 0 Å². The molecular weight excluding hydrogens is 707 g/mol. The molecule has 2 heterocycles. The zero-order valence-corrected chi connectivity index (χ0v) is 34.0. The standard InChI is InChI=1S/C40H61N7O6S/c1-8-14-27(31(48)34(50)42-25-18-19-25)43-33(49)29-23-40(38(5,6)39(40)20-13-21-39)24-47(29)35(51)32(37(2,3)4)45-36(52)44-26-15-9-10-16-28(26)46(7)54(53)30-17-11-12-22-41-30/h11-12,17,22,25-29,32H,8-10,13-16,18-21,23-24H2,1-7H3,(H,42,50)(H,43,49)(H2,44,45,52)/t26-,27-,28+,29+,32+,40+,54?/m1/s1. The number of likely N-dealkylation sites (tertiary alicyclic amines) is 1. The molecule has 1 unspecified atom stereocenters. The van der Waals surface area contributed by atoms with E-state index in [9.17, 15) is 28.2 Å². The Morgan fingerprint density at radius 2 is 1.69 bits per heavy atom. The molecule has 1 aromatic heterocycles. The van der Waals surface area contributed by atoms with Crippen molar-refractivity contribution in [2.24, 2.45) is 21.7 Å². The molecule has 1 aromatic rings. The number of rotatable bonds is 13. The molecule has 0 radical (unpaired) electrons. The minimum Gasteiger partial charge on any atom is -0.347 e. The number of carbonyl (C=O) groups excluding carboxylic acids is 5. The monoisotopic (exact) mass is 767 g/mol. The van der Waals surface area contributed by atoms with Crippen LogP contribution in [0, 0.1) is 21.7 Å². The minimum atomic E-state index is -1.52. The summed E-state index contributed by atoms with van der Waals surface area (Å²) in [5.41, 5.74) is -1.04. The van der Waals surface area contributed by atoms with Gasteiger partial charge in [-0.1, -0.05) is 73.3 Å². The molecule has 5 aliphatic rings. The van der Waals surface area contributed by atoms with E-state index in [1.54, 1.807) is 40.6 Å². The lowest BCUT2D eigenvalue weighted by Crippen LogP contribution is -2.62. The summed E-state index contributed by atoms with van der Waals surface area (Å²) in [4.78, 5) is 75.1. The van der Waals surface area contributed by atoms with Gasteiger partial charge in [0.15, 0.2) is 0 Å². The number of urea groups is 1. The fourth-order valence-corrected chi connectivity index (χ4v) is 11.3. The zero-order chi connectivity index (χ0) is 39.2. The van der Waals surface area contributed by atoms with Crippen molar-refractivity contribution >= 4 is 40.5 Å². The number of hydrogen-bond acceptors (Lipinski definition) is 7. The summed E-state index contributed by atoms with van der Waals surface area (Å²) >= 11 is 0. The first kappa shape index (κ1) is 40.3. The van der Waals surface area contributed by atoms with Crippen LogP contribution in [0.5, 0.6) is 0 Å². The second-order valence-electron chi connectivity index (χ2n) is 18.1. The number of hydrogen-bond donors (Lipinski definition) is 4. The van der Waals surface area contributed by atoms with Crippen LogP contribution in [0.2, 0.25) is 0 Å². The van der Waals surface area contributed by atoms with Crippen molar-refractivity contribution < 1.29 is 28.2 Å². The van der Waals surface area contributed by atoms with Gasteiger partial charge in [-0.25, -0.2) is 18.3 Å². The highest BCUT2D eigenvalue weighted by Gasteiger charge is 2.85. The number of nitrogens with zero attached hydrogens (tertiary/aromatic N) is 3. The number of pyridine rings is 1. The van der Waals surface area contributed by atoms with Crippen LogP contribution < -0.4 is 21.3 Å². The van der Waals surface area contributed by atoms with Crippen molar-refractivity contribution in [2.75, 3.05) is 13.6 Å². The van der Waals surface area contributed by atoms with Gasteiger partial charge in [-0.3, -0.25) is 19.2 Å². The molecule has 1 saturated heterocycles. The SMILES string of the molecule is CCC[C@@H](NC(=O)[C@@H]1C[C@]2(CN1C(=O)[C@H](NC(=O)N[C@@H]1CCCC[C@@H]1N(C)S(=O)c1ccccn1)C(C)(C)C)C(C)(C)C21CCC1)C(=O)C(=O)NC1CC1. The molecule has 54 heavy (non-hydrogen) atoms. The van der Waals surface area contributed by atoms with Crippen molar-refractivity contribution in [3.05, 3.63) is 24.4 Å². The highest BCUT2D eigenvalue weighted by atomic mass is 32.2. The Morgan fingerprint density at radius 3 is 2.26 bits per heavy atom. The van der Waals surface area contributed by atoms with Crippen LogP contribution >= 0.6 is 0 Å². The number of carbonyl (C=O) groups is 5. The number of aromatic nitrogens is 1. The van der Waals surface area contributed by atoms with Crippen LogP contribution in [0.25, 0.3) is 0 Å². The largest absolute Gasteiger partial charge is 0.347 e. The Kier molecular flexibility index (Phi) is 11.4. The number of ketones is 1. The number of Topliss-reactive ketones (excluding diaryl/α,β-unsaturated/α-hetero) is 1. The van der Waals surface area contributed by atoms with Crippen LogP contribution in [0.1, 0.15) is 119 Å². The first-order valence-electron chi connectivity index (χ1n) is 20.1. The molecule has 1 aliphatic heterocycles. The molecule has 4 N–H and O–H groups in total. The maximum absolute atomic E-state index is 14.9. The Labute approximate surface area is 322 Å². The maximum Gasteiger partial charge on any atom is 0.315 e. The maximum atomic E-state index is 14.9.